The van der Waals surface area contributed by atoms with Gasteiger partial charge in [0.1, 0.15) is 0 Å². The summed E-state index contributed by atoms with van der Waals surface area (Å²) in [6.45, 7) is 1.51. The zero-order chi connectivity index (χ0) is 13.6. The summed E-state index contributed by atoms with van der Waals surface area (Å²) in [5.74, 6) is -1.55. The Morgan fingerprint density at radius 2 is 1.84 bits per heavy atom. The van der Waals surface area contributed by atoms with Crippen LogP contribution in [0.25, 0.3) is 0 Å². The highest BCUT2D eigenvalue weighted by molar-refractivity contribution is 6.05. The Morgan fingerprint density at radius 1 is 1.26 bits per heavy atom. The Balaban J connectivity index is 1.67. The monoisotopic (exact) mass is 265 g/mol. The summed E-state index contributed by atoms with van der Waals surface area (Å²) in [6, 6.07) is 0. The molecule has 0 spiro atoms. The number of esters is 1. The van der Waals surface area contributed by atoms with E-state index in [0.29, 0.717) is 0 Å². The van der Waals surface area contributed by atoms with Crippen molar-refractivity contribution in [2.45, 2.75) is 13.3 Å². The number of carbonyl (C=O) groups excluding carboxylic acids is 3. The van der Waals surface area contributed by atoms with Crippen LogP contribution in [-0.4, -0.2) is 36.1 Å². The number of carbonyl (C=O) groups is 3. The van der Waals surface area contributed by atoms with Crippen molar-refractivity contribution in [1.82, 2.24) is 5.06 Å². The van der Waals surface area contributed by atoms with Crippen LogP contribution in [0.15, 0.2) is 12.2 Å². The number of amides is 2. The molecule has 1 aliphatic heterocycles. The van der Waals surface area contributed by atoms with Crippen molar-refractivity contribution in [3.63, 3.8) is 0 Å². The van der Waals surface area contributed by atoms with Gasteiger partial charge in [0.2, 0.25) is 0 Å². The van der Waals surface area contributed by atoms with Gasteiger partial charge in [-0.1, -0.05) is 12.2 Å². The minimum absolute atomic E-state index is 0.141. The van der Waals surface area contributed by atoms with Crippen LogP contribution >= 0.6 is 0 Å². The highest BCUT2D eigenvalue weighted by Crippen LogP contribution is 2.52. The molecule has 2 amide bonds. The fourth-order valence-corrected chi connectivity index (χ4v) is 3.32. The Kier molecular flexibility index (Phi) is 2.89. The number of rotatable bonds is 4. The normalized spacial score (nSPS) is 35.1. The van der Waals surface area contributed by atoms with E-state index in [2.05, 4.69) is 0 Å². The number of hydroxylamine groups is 2. The molecular formula is C13H15NO5. The maximum atomic E-state index is 12.2. The van der Waals surface area contributed by atoms with Crippen LogP contribution in [0, 0.1) is 23.7 Å². The first kappa shape index (κ1) is 12.3. The first-order valence-corrected chi connectivity index (χ1v) is 6.48. The molecule has 3 aliphatic rings. The van der Waals surface area contributed by atoms with Crippen LogP contribution in [0.1, 0.15) is 13.3 Å². The Labute approximate surface area is 110 Å². The minimum Gasteiger partial charge on any atom is -0.464 e. The minimum atomic E-state index is -0.582. The van der Waals surface area contributed by atoms with Crippen LogP contribution in [0.5, 0.6) is 0 Å². The van der Waals surface area contributed by atoms with Crippen molar-refractivity contribution in [1.29, 1.82) is 0 Å². The fourth-order valence-electron chi connectivity index (χ4n) is 3.32. The van der Waals surface area contributed by atoms with E-state index in [9.17, 15) is 14.4 Å². The number of hydrogen-bond donors (Lipinski definition) is 0. The molecule has 2 fully saturated rings. The maximum Gasteiger partial charge on any atom is 0.334 e. The largest absolute Gasteiger partial charge is 0.464 e. The van der Waals surface area contributed by atoms with E-state index in [1.165, 1.54) is 0 Å². The number of imide groups is 1. The molecule has 0 aromatic rings. The number of fused-ring (bicyclic) bond motifs is 5. The van der Waals surface area contributed by atoms with Crippen molar-refractivity contribution < 1.29 is 24.0 Å². The third-order valence-electron chi connectivity index (χ3n) is 4.05. The number of nitrogens with zero attached hydrogens (tertiary/aromatic N) is 1. The van der Waals surface area contributed by atoms with Crippen LogP contribution < -0.4 is 0 Å². The van der Waals surface area contributed by atoms with Gasteiger partial charge in [0.05, 0.1) is 18.4 Å². The topological polar surface area (TPSA) is 72.9 Å². The SMILES string of the molecule is CCOC(=O)CON1C(=O)C2C3C=CC(C3)C2C1=O. The molecule has 0 radical (unpaired) electrons. The molecule has 1 heterocycles. The van der Waals surface area contributed by atoms with Crippen molar-refractivity contribution in [2.75, 3.05) is 13.2 Å². The summed E-state index contributed by atoms with van der Waals surface area (Å²) >= 11 is 0. The molecule has 3 rings (SSSR count). The summed E-state index contributed by atoms with van der Waals surface area (Å²) in [5, 5.41) is 0.762. The second-order valence-electron chi connectivity index (χ2n) is 5.05. The van der Waals surface area contributed by atoms with E-state index >= 15 is 0 Å². The van der Waals surface area contributed by atoms with Crippen molar-refractivity contribution in [3.05, 3.63) is 12.2 Å². The molecule has 2 bridgehead atoms. The molecular weight excluding hydrogens is 250 g/mol. The molecule has 1 saturated carbocycles. The van der Waals surface area contributed by atoms with Gasteiger partial charge in [-0.15, -0.1) is 0 Å². The van der Waals surface area contributed by atoms with Crippen LogP contribution in [0.2, 0.25) is 0 Å². The van der Waals surface area contributed by atoms with E-state index in [-0.39, 0.29) is 42.1 Å². The van der Waals surface area contributed by atoms with Gasteiger partial charge < -0.3 is 4.74 Å². The Bertz CT molecular complexity index is 442. The van der Waals surface area contributed by atoms with Crippen LogP contribution in [-0.2, 0) is 24.0 Å². The first-order valence-electron chi connectivity index (χ1n) is 6.48. The molecule has 0 aromatic carbocycles. The molecule has 2 aliphatic carbocycles. The lowest BCUT2D eigenvalue weighted by Gasteiger charge is -2.15. The lowest BCUT2D eigenvalue weighted by molar-refractivity contribution is -0.195. The molecule has 6 nitrogen and oxygen atoms in total. The second kappa shape index (κ2) is 4.45. The maximum absolute atomic E-state index is 12.2. The Hall–Kier alpha value is -1.69. The molecule has 4 unspecified atom stereocenters. The lowest BCUT2D eigenvalue weighted by atomic mass is 9.85. The number of hydrogen-bond acceptors (Lipinski definition) is 5. The van der Waals surface area contributed by atoms with Crippen LogP contribution in [0.3, 0.4) is 0 Å². The van der Waals surface area contributed by atoms with Gasteiger partial charge in [-0.3, -0.25) is 14.4 Å². The second-order valence-corrected chi connectivity index (χ2v) is 5.05. The standard InChI is InChI=1S/C13H15NO5/c1-2-18-9(15)6-19-14-12(16)10-7-3-4-8(5-7)11(10)13(14)17/h3-4,7-8,10-11H,2,5-6H2,1H3. The molecule has 102 valence electrons. The van der Waals surface area contributed by atoms with Crippen molar-refractivity contribution in [2.24, 2.45) is 23.7 Å². The van der Waals surface area contributed by atoms with Gasteiger partial charge in [-0.2, -0.15) is 5.06 Å². The summed E-state index contributed by atoms with van der Waals surface area (Å²) in [6.07, 6.45) is 4.89. The number of ether oxygens (including phenoxy) is 1. The van der Waals surface area contributed by atoms with E-state index in [1.807, 2.05) is 12.2 Å². The van der Waals surface area contributed by atoms with E-state index in [4.69, 9.17) is 9.57 Å². The molecule has 1 saturated heterocycles. The van der Waals surface area contributed by atoms with Gasteiger partial charge in [0.15, 0.2) is 6.61 Å². The summed E-state index contributed by atoms with van der Waals surface area (Å²) < 4.78 is 4.70. The molecule has 6 heteroatoms. The summed E-state index contributed by atoms with van der Waals surface area (Å²) in [5.41, 5.74) is 0. The zero-order valence-corrected chi connectivity index (χ0v) is 10.6. The van der Waals surface area contributed by atoms with E-state index in [0.717, 1.165) is 11.5 Å². The molecule has 4 atom stereocenters. The van der Waals surface area contributed by atoms with E-state index < -0.39 is 12.6 Å². The zero-order valence-electron chi connectivity index (χ0n) is 10.6. The molecule has 19 heavy (non-hydrogen) atoms. The average molecular weight is 265 g/mol. The third kappa shape index (κ3) is 1.78. The first-order chi connectivity index (χ1) is 9.13. The highest BCUT2D eigenvalue weighted by Gasteiger charge is 2.60. The molecule has 0 aromatic heterocycles. The summed E-state index contributed by atoms with van der Waals surface area (Å²) in [7, 11) is 0. The quantitative estimate of drug-likeness (QED) is 0.415. The lowest BCUT2D eigenvalue weighted by Crippen LogP contribution is -2.35. The highest BCUT2D eigenvalue weighted by atomic mass is 16.7. The predicted molar refractivity (Wildman–Crippen MR) is 62.2 cm³/mol. The smallest absolute Gasteiger partial charge is 0.334 e. The van der Waals surface area contributed by atoms with Gasteiger partial charge in [-0.05, 0) is 25.2 Å². The van der Waals surface area contributed by atoms with Crippen LogP contribution in [0.4, 0.5) is 0 Å². The Morgan fingerprint density at radius 3 is 2.37 bits per heavy atom. The predicted octanol–water partition coefficient (Wildman–Crippen LogP) is 0.288. The van der Waals surface area contributed by atoms with E-state index in [1.54, 1.807) is 6.92 Å². The van der Waals surface area contributed by atoms with Gasteiger partial charge in [0.25, 0.3) is 11.8 Å². The number of allylic oxidation sites excluding steroid dienone is 2. The van der Waals surface area contributed by atoms with Crippen molar-refractivity contribution in [3.8, 4) is 0 Å². The summed E-state index contributed by atoms with van der Waals surface area (Å²) in [4.78, 5) is 40.5. The fraction of sp³-hybridized carbons (Fsp3) is 0.615. The average Bonchev–Trinajstić information content (AvgIpc) is 3.03. The van der Waals surface area contributed by atoms with Gasteiger partial charge in [0, 0.05) is 0 Å². The van der Waals surface area contributed by atoms with Crippen molar-refractivity contribution >= 4 is 17.8 Å². The van der Waals surface area contributed by atoms with Gasteiger partial charge in [-0.25, -0.2) is 4.79 Å². The third-order valence-corrected chi connectivity index (χ3v) is 4.05. The molecule has 0 N–H and O–H groups in total. The van der Waals surface area contributed by atoms with Gasteiger partial charge >= 0.3 is 5.97 Å².